The molecule has 6 nitrogen and oxygen atoms in total. The van der Waals surface area contributed by atoms with E-state index < -0.39 is 12.5 Å². The Balaban J connectivity index is 1.46. The number of anilines is 1. The number of fused-ring (bicyclic) bond motifs is 1. The summed E-state index contributed by atoms with van der Waals surface area (Å²) in [7, 11) is 1.89. The van der Waals surface area contributed by atoms with E-state index in [-0.39, 0.29) is 42.3 Å². The summed E-state index contributed by atoms with van der Waals surface area (Å²) in [4.78, 5) is 22.4. The quantitative estimate of drug-likeness (QED) is 0.647. The number of alkyl halides is 4. The summed E-state index contributed by atoms with van der Waals surface area (Å²) in [5.41, 5.74) is 0.886. The van der Waals surface area contributed by atoms with Crippen LogP contribution in [0.1, 0.15) is 19.8 Å². The third-order valence-corrected chi connectivity index (χ3v) is 6.31. The van der Waals surface area contributed by atoms with Gasteiger partial charge in [0.25, 0.3) is 0 Å². The van der Waals surface area contributed by atoms with Gasteiger partial charge in [0, 0.05) is 55.9 Å². The van der Waals surface area contributed by atoms with Crippen molar-refractivity contribution in [2.45, 2.75) is 44.4 Å². The van der Waals surface area contributed by atoms with Crippen molar-refractivity contribution in [2.24, 2.45) is 0 Å². The molecule has 3 atom stereocenters. The molecule has 0 unspecified atom stereocenters. The number of likely N-dealkylation sites (tertiary alicyclic amines) is 2. The zero-order chi connectivity index (χ0) is 23.0. The number of aromatic nitrogens is 1. The number of nitrogens with zero attached hydrogens (tertiary/aromatic N) is 4. The Kier molecular flexibility index (Phi) is 6.15. The smallest absolute Gasteiger partial charge is 0.403 e. The lowest BCUT2D eigenvalue weighted by atomic mass is 10.1. The first-order valence-corrected chi connectivity index (χ1v) is 10.6. The summed E-state index contributed by atoms with van der Waals surface area (Å²) in [5, 5.41) is 0.561. The van der Waals surface area contributed by atoms with Gasteiger partial charge in [-0.1, -0.05) is 0 Å². The molecule has 2 aromatic rings. The summed E-state index contributed by atoms with van der Waals surface area (Å²) in [6.07, 6.45) is -3.15. The number of ether oxygens (including phenoxy) is 1. The average molecular weight is 454 g/mol. The predicted molar refractivity (Wildman–Crippen MR) is 112 cm³/mol. The second-order valence-corrected chi connectivity index (χ2v) is 8.55. The molecule has 2 fully saturated rings. The Hall–Kier alpha value is -2.62. The molecule has 32 heavy (non-hydrogen) atoms. The molecule has 0 aliphatic carbocycles. The van der Waals surface area contributed by atoms with E-state index in [1.807, 2.05) is 23.8 Å². The first-order chi connectivity index (χ1) is 15.1. The van der Waals surface area contributed by atoms with Crippen molar-refractivity contribution in [3.8, 4) is 5.75 Å². The van der Waals surface area contributed by atoms with E-state index in [2.05, 4.69) is 9.72 Å². The van der Waals surface area contributed by atoms with Crippen LogP contribution in [0.3, 0.4) is 0 Å². The number of carbonyl (C=O) groups is 1. The molecular weight excluding hydrogens is 428 g/mol. The second-order valence-electron chi connectivity index (χ2n) is 8.55. The van der Waals surface area contributed by atoms with Crippen LogP contribution in [-0.2, 0) is 4.79 Å². The van der Waals surface area contributed by atoms with Gasteiger partial charge >= 0.3 is 6.36 Å². The number of carbonyl (C=O) groups excluding carboxylic acids is 1. The largest absolute Gasteiger partial charge is 0.573 e. The normalized spacial score (nSPS) is 24.3. The Morgan fingerprint density at radius 3 is 2.75 bits per heavy atom. The van der Waals surface area contributed by atoms with Gasteiger partial charge in [0.2, 0.25) is 5.91 Å². The lowest BCUT2D eigenvalue weighted by molar-refractivity contribution is -0.274. The van der Waals surface area contributed by atoms with Gasteiger partial charge in [0.15, 0.2) is 5.75 Å². The van der Waals surface area contributed by atoms with E-state index in [1.165, 1.54) is 12.3 Å². The monoisotopic (exact) mass is 454 g/mol. The van der Waals surface area contributed by atoms with Gasteiger partial charge in [0.1, 0.15) is 11.7 Å². The molecule has 3 heterocycles. The van der Waals surface area contributed by atoms with Gasteiger partial charge in [0.05, 0.1) is 13.1 Å². The van der Waals surface area contributed by atoms with Crippen LogP contribution in [0.4, 0.5) is 23.2 Å². The summed E-state index contributed by atoms with van der Waals surface area (Å²) < 4.78 is 56.0. The zero-order valence-corrected chi connectivity index (χ0v) is 18.0. The Morgan fingerprint density at radius 2 is 2.06 bits per heavy atom. The molecule has 174 valence electrons. The maximum Gasteiger partial charge on any atom is 0.573 e. The fraction of sp³-hybridized carbons (Fsp3) is 0.545. The number of benzene rings is 1. The highest BCUT2D eigenvalue weighted by atomic mass is 19.4. The molecule has 2 aliphatic rings. The van der Waals surface area contributed by atoms with Gasteiger partial charge in [-0.05, 0) is 37.6 Å². The minimum absolute atomic E-state index is 0.0655. The van der Waals surface area contributed by atoms with Crippen molar-refractivity contribution in [3.05, 3.63) is 30.5 Å². The first-order valence-electron chi connectivity index (χ1n) is 10.6. The number of pyridine rings is 1. The Bertz CT molecular complexity index is 986. The fourth-order valence-corrected chi connectivity index (χ4v) is 4.71. The van der Waals surface area contributed by atoms with Crippen LogP contribution < -0.4 is 9.64 Å². The first kappa shape index (κ1) is 22.6. The average Bonchev–Trinajstić information content (AvgIpc) is 3.32. The summed E-state index contributed by atoms with van der Waals surface area (Å²) >= 11 is 0. The van der Waals surface area contributed by atoms with Gasteiger partial charge < -0.3 is 14.5 Å². The van der Waals surface area contributed by atoms with Crippen LogP contribution in [0.25, 0.3) is 10.9 Å². The van der Waals surface area contributed by atoms with Crippen molar-refractivity contribution in [2.75, 3.05) is 38.1 Å². The highest BCUT2D eigenvalue weighted by Crippen LogP contribution is 2.36. The second kappa shape index (κ2) is 8.73. The van der Waals surface area contributed by atoms with Crippen LogP contribution in [0.5, 0.6) is 5.75 Å². The maximum absolute atomic E-state index is 13.6. The van der Waals surface area contributed by atoms with Crippen LogP contribution in [0.15, 0.2) is 30.5 Å². The molecule has 2 aliphatic heterocycles. The third-order valence-electron chi connectivity index (χ3n) is 6.31. The molecule has 0 bridgehead atoms. The van der Waals surface area contributed by atoms with E-state index in [9.17, 15) is 22.4 Å². The van der Waals surface area contributed by atoms with Gasteiger partial charge in [-0.25, -0.2) is 4.39 Å². The van der Waals surface area contributed by atoms with Gasteiger partial charge in [-0.2, -0.15) is 0 Å². The van der Waals surface area contributed by atoms with E-state index in [0.29, 0.717) is 24.9 Å². The molecule has 0 radical (unpaired) electrons. The SMILES string of the molecule is C[C@@H]1C[C@H](F)CN1C(=O)CN1CC[C@H](N(C)c2ccc(OC(F)(F)F)c3ncccc23)C1. The Labute approximate surface area is 183 Å². The van der Waals surface area contributed by atoms with Crippen LogP contribution in [-0.4, -0.2) is 78.5 Å². The van der Waals surface area contributed by atoms with Crippen molar-refractivity contribution in [1.82, 2.24) is 14.8 Å². The Morgan fingerprint density at radius 1 is 1.28 bits per heavy atom. The fourth-order valence-electron chi connectivity index (χ4n) is 4.71. The molecule has 10 heteroatoms. The lowest BCUT2D eigenvalue weighted by Gasteiger charge is -2.29. The minimum Gasteiger partial charge on any atom is -0.403 e. The standard InChI is InChI=1S/C22H26F4N4O2/c1-14-10-15(23)11-30(14)20(31)13-29-9-7-16(12-29)28(2)18-5-6-19(32-22(24,25)26)21-17(18)4-3-8-27-21/h3-6,8,14-16H,7,9-13H2,1-2H3/t14-,15+,16+/m1/s1. The lowest BCUT2D eigenvalue weighted by Crippen LogP contribution is -2.42. The summed E-state index contributed by atoms with van der Waals surface area (Å²) in [6, 6.07) is 6.27. The molecule has 0 spiro atoms. The maximum atomic E-state index is 13.6. The van der Waals surface area contributed by atoms with Crippen molar-refractivity contribution in [3.63, 3.8) is 0 Å². The number of rotatable bonds is 5. The molecular formula is C22H26F4N4O2. The van der Waals surface area contributed by atoms with Crippen molar-refractivity contribution in [1.29, 1.82) is 0 Å². The van der Waals surface area contributed by atoms with E-state index >= 15 is 0 Å². The van der Waals surface area contributed by atoms with E-state index in [0.717, 1.165) is 12.1 Å². The molecule has 0 N–H and O–H groups in total. The van der Waals surface area contributed by atoms with Gasteiger partial charge in [-0.3, -0.25) is 14.7 Å². The number of hydrogen-bond donors (Lipinski definition) is 0. The summed E-state index contributed by atoms with van der Waals surface area (Å²) in [6.45, 7) is 3.60. The zero-order valence-electron chi connectivity index (χ0n) is 18.0. The van der Waals surface area contributed by atoms with Crippen molar-refractivity contribution >= 4 is 22.5 Å². The van der Waals surface area contributed by atoms with E-state index in [1.54, 1.807) is 23.1 Å². The molecule has 4 rings (SSSR count). The van der Waals surface area contributed by atoms with Crippen LogP contribution in [0.2, 0.25) is 0 Å². The number of amides is 1. The van der Waals surface area contributed by atoms with E-state index in [4.69, 9.17) is 0 Å². The number of likely N-dealkylation sites (N-methyl/N-ethyl adjacent to an activating group) is 1. The van der Waals surface area contributed by atoms with Gasteiger partial charge in [-0.15, -0.1) is 13.2 Å². The molecule has 1 amide bonds. The third kappa shape index (κ3) is 4.74. The number of halogens is 4. The highest BCUT2D eigenvalue weighted by molar-refractivity contribution is 5.95. The van der Waals surface area contributed by atoms with Crippen LogP contribution >= 0.6 is 0 Å². The molecule has 1 aromatic carbocycles. The highest BCUT2D eigenvalue weighted by Gasteiger charge is 2.35. The van der Waals surface area contributed by atoms with Crippen LogP contribution in [0, 0.1) is 0 Å². The number of hydrogen-bond acceptors (Lipinski definition) is 5. The predicted octanol–water partition coefficient (Wildman–Crippen LogP) is 3.60. The van der Waals surface area contributed by atoms with Crippen molar-refractivity contribution < 1.29 is 27.1 Å². The molecule has 0 saturated carbocycles. The molecule has 2 saturated heterocycles. The minimum atomic E-state index is -4.80. The summed E-state index contributed by atoms with van der Waals surface area (Å²) in [5.74, 6) is -0.404. The molecule has 1 aromatic heterocycles. The topological polar surface area (TPSA) is 48.9 Å².